The molecule has 0 aliphatic carbocycles. The van der Waals surface area contributed by atoms with Gasteiger partial charge in [-0.1, -0.05) is 12.1 Å². The molecule has 0 aliphatic rings. The van der Waals surface area contributed by atoms with Crippen LogP contribution >= 0.6 is 0 Å². The number of amides is 1. The van der Waals surface area contributed by atoms with Crippen molar-refractivity contribution in [3.8, 4) is 11.5 Å². The molecule has 0 radical (unpaired) electrons. The maximum atomic E-state index is 13.6. The lowest BCUT2D eigenvalue weighted by molar-refractivity contribution is -0.117. The van der Waals surface area contributed by atoms with Gasteiger partial charge in [0.2, 0.25) is 5.91 Å². The Morgan fingerprint density at radius 1 is 1.11 bits per heavy atom. The van der Waals surface area contributed by atoms with Crippen molar-refractivity contribution in [1.82, 2.24) is 15.3 Å². The molecule has 0 saturated carbocycles. The molecule has 142 valence electrons. The Morgan fingerprint density at radius 2 is 1.89 bits per heavy atom. The second-order valence-corrected chi connectivity index (χ2v) is 5.98. The number of nitrogens with zero attached hydrogens (tertiary/aromatic N) is 2. The van der Waals surface area contributed by atoms with E-state index in [1.54, 1.807) is 37.5 Å². The molecule has 1 heterocycles. The van der Waals surface area contributed by atoms with Crippen LogP contribution in [0.1, 0.15) is 24.1 Å². The molecule has 2 aromatic carbocycles. The predicted molar refractivity (Wildman–Crippen MR) is 100 cm³/mol. The summed E-state index contributed by atoms with van der Waals surface area (Å²) in [6.45, 7) is 1.80. The number of benzene rings is 2. The monoisotopic (exact) mass is 381 g/mol. The van der Waals surface area contributed by atoms with E-state index in [1.807, 2.05) is 6.07 Å². The van der Waals surface area contributed by atoms with Crippen LogP contribution in [0.2, 0.25) is 0 Å². The minimum Gasteiger partial charge on any atom is -0.454 e. The zero-order valence-electron chi connectivity index (χ0n) is 15.0. The number of hydrogen-bond donors (Lipinski definition) is 1. The molecule has 28 heavy (non-hydrogen) atoms. The van der Waals surface area contributed by atoms with Gasteiger partial charge in [0.15, 0.2) is 5.75 Å². The maximum Gasteiger partial charge on any atom is 0.244 e. The fourth-order valence-corrected chi connectivity index (χ4v) is 2.47. The van der Waals surface area contributed by atoms with Crippen LogP contribution in [0.25, 0.3) is 6.08 Å². The number of carbonyl (C=O) groups excluding carboxylic acids is 1. The normalized spacial score (nSPS) is 12.0. The van der Waals surface area contributed by atoms with Gasteiger partial charge in [0.25, 0.3) is 0 Å². The fourth-order valence-electron chi connectivity index (χ4n) is 2.47. The van der Waals surface area contributed by atoms with E-state index in [0.29, 0.717) is 11.5 Å². The van der Waals surface area contributed by atoms with Gasteiger partial charge in [-0.05, 0) is 48.9 Å². The Hall–Kier alpha value is -3.61. The molecule has 1 atom stereocenters. The number of ether oxygens (including phenoxy) is 1. The average molecular weight is 381 g/mol. The Labute approximate surface area is 160 Å². The first-order chi connectivity index (χ1) is 13.5. The molecular formula is C21H17F2N3O2. The van der Waals surface area contributed by atoms with E-state index in [-0.39, 0.29) is 11.6 Å². The first-order valence-electron chi connectivity index (χ1n) is 8.48. The number of aromatic nitrogens is 2. The third kappa shape index (κ3) is 5.20. The van der Waals surface area contributed by atoms with Crippen molar-refractivity contribution in [3.63, 3.8) is 0 Å². The molecule has 0 fully saturated rings. The molecule has 5 nitrogen and oxygen atoms in total. The van der Waals surface area contributed by atoms with E-state index < -0.39 is 17.5 Å². The number of nitrogens with one attached hydrogen (secondary N) is 1. The van der Waals surface area contributed by atoms with Crippen molar-refractivity contribution >= 4 is 12.0 Å². The fraction of sp³-hybridized carbons (Fsp3) is 0.0952. The van der Waals surface area contributed by atoms with Crippen molar-refractivity contribution in [2.24, 2.45) is 0 Å². The van der Waals surface area contributed by atoms with E-state index in [4.69, 9.17) is 4.74 Å². The van der Waals surface area contributed by atoms with Crippen molar-refractivity contribution in [2.75, 3.05) is 0 Å². The van der Waals surface area contributed by atoms with Gasteiger partial charge < -0.3 is 10.1 Å². The third-order valence-electron chi connectivity index (χ3n) is 3.86. The number of rotatable bonds is 6. The highest BCUT2D eigenvalue weighted by molar-refractivity contribution is 5.92. The van der Waals surface area contributed by atoms with Gasteiger partial charge in [-0.3, -0.25) is 4.79 Å². The van der Waals surface area contributed by atoms with Gasteiger partial charge in [0.05, 0.1) is 18.4 Å². The number of hydrogen-bond acceptors (Lipinski definition) is 4. The van der Waals surface area contributed by atoms with Crippen LogP contribution in [0.3, 0.4) is 0 Å². The summed E-state index contributed by atoms with van der Waals surface area (Å²) >= 11 is 0. The van der Waals surface area contributed by atoms with Crippen LogP contribution in [-0.4, -0.2) is 15.9 Å². The minimum atomic E-state index is -0.603. The summed E-state index contributed by atoms with van der Waals surface area (Å²) in [4.78, 5) is 19.9. The summed E-state index contributed by atoms with van der Waals surface area (Å²) in [5.41, 5.74) is 0.816. The van der Waals surface area contributed by atoms with Crippen molar-refractivity contribution in [1.29, 1.82) is 0 Å². The lowest BCUT2D eigenvalue weighted by atomic mass is 10.1. The second kappa shape index (κ2) is 8.85. The van der Waals surface area contributed by atoms with E-state index >= 15 is 0 Å². The van der Waals surface area contributed by atoms with Gasteiger partial charge in [-0.25, -0.2) is 18.7 Å². The van der Waals surface area contributed by atoms with Crippen molar-refractivity contribution < 1.29 is 18.3 Å². The van der Waals surface area contributed by atoms with Gasteiger partial charge in [-0.2, -0.15) is 0 Å². The highest BCUT2D eigenvalue weighted by Crippen LogP contribution is 2.23. The summed E-state index contributed by atoms with van der Waals surface area (Å²) < 4.78 is 32.4. The molecule has 1 aromatic heterocycles. The molecule has 7 heteroatoms. The summed E-state index contributed by atoms with van der Waals surface area (Å²) in [5.74, 6) is -0.537. The minimum absolute atomic E-state index is 0.00304. The third-order valence-corrected chi connectivity index (χ3v) is 3.86. The zero-order chi connectivity index (χ0) is 19.9. The number of carbonyl (C=O) groups is 1. The SMILES string of the molecule is C[C@H](NC(=O)C=Cc1cc(F)ccc1F)c1cccc(Oc2cncnc2)c1. The largest absolute Gasteiger partial charge is 0.454 e. The van der Waals surface area contributed by atoms with E-state index in [2.05, 4.69) is 15.3 Å². The molecule has 1 amide bonds. The average Bonchev–Trinajstić information content (AvgIpc) is 2.69. The molecular weight excluding hydrogens is 364 g/mol. The lowest BCUT2D eigenvalue weighted by Gasteiger charge is -2.14. The van der Waals surface area contributed by atoms with E-state index in [1.165, 1.54) is 12.4 Å². The molecule has 1 N–H and O–H groups in total. The van der Waals surface area contributed by atoms with Gasteiger partial charge >= 0.3 is 0 Å². The molecule has 3 rings (SSSR count). The Balaban J connectivity index is 1.64. The number of halogens is 2. The first kappa shape index (κ1) is 19.2. The first-order valence-corrected chi connectivity index (χ1v) is 8.48. The molecule has 0 saturated heterocycles. The smallest absolute Gasteiger partial charge is 0.244 e. The molecule has 0 unspecified atom stereocenters. The van der Waals surface area contributed by atoms with Crippen LogP contribution in [0, 0.1) is 11.6 Å². The quantitative estimate of drug-likeness (QED) is 0.641. The van der Waals surface area contributed by atoms with Crippen LogP contribution in [0.15, 0.2) is 67.3 Å². The van der Waals surface area contributed by atoms with E-state index in [9.17, 15) is 13.6 Å². The van der Waals surface area contributed by atoms with Crippen molar-refractivity contribution in [2.45, 2.75) is 13.0 Å². The Bertz CT molecular complexity index is 994. The summed E-state index contributed by atoms with van der Waals surface area (Å²) in [5, 5.41) is 2.77. The molecule has 0 bridgehead atoms. The van der Waals surface area contributed by atoms with Crippen LogP contribution < -0.4 is 10.1 Å². The zero-order valence-corrected chi connectivity index (χ0v) is 15.0. The van der Waals surface area contributed by atoms with Gasteiger partial charge in [0, 0.05) is 11.6 Å². The Kier molecular flexibility index (Phi) is 6.06. The highest BCUT2D eigenvalue weighted by atomic mass is 19.1. The predicted octanol–water partition coefficient (Wildman–Crippen LogP) is 4.44. The van der Waals surface area contributed by atoms with Crippen LogP contribution in [0.4, 0.5) is 8.78 Å². The topological polar surface area (TPSA) is 64.1 Å². The second-order valence-electron chi connectivity index (χ2n) is 5.98. The summed E-state index contributed by atoms with van der Waals surface area (Å²) in [6.07, 6.45) is 6.89. The van der Waals surface area contributed by atoms with Crippen LogP contribution in [-0.2, 0) is 4.79 Å². The molecule has 0 spiro atoms. The molecule has 0 aliphatic heterocycles. The summed E-state index contributed by atoms with van der Waals surface area (Å²) in [7, 11) is 0. The lowest BCUT2D eigenvalue weighted by Crippen LogP contribution is -2.24. The van der Waals surface area contributed by atoms with Crippen LogP contribution in [0.5, 0.6) is 11.5 Å². The Morgan fingerprint density at radius 3 is 2.68 bits per heavy atom. The van der Waals surface area contributed by atoms with E-state index in [0.717, 1.165) is 29.8 Å². The maximum absolute atomic E-state index is 13.6. The van der Waals surface area contributed by atoms with Gasteiger partial charge in [-0.15, -0.1) is 0 Å². The molecule has 3 aromatic rings. The van der Waals surface area contributed by atoms with Gasteiger partial charge in [0.1, 0.15) is 23.7 Å². The summed E-state index contributed by atoms with van der Waals surface area (Å²) in [6, 6.07) is 9.93. The van der Waals surface area contributed by atoms with Crippen molar-refractivity contribution in [3.05, 3.63) is 90.0 Å². The standard InChI is InChI=1S/C21H17F2N3O2/c1-14(26-21(27)8-5-16-9-17(22)6-7-20(16)23)15-3-2-4-18(10-15)28-19-11-24-13-25-12-19/h2-14H,1H3,(H,26,27)/t14-/m0/s1. The highest BCUT2D eigenvalue weighted by Gasteiger charge is 2.09.